The molecule has 1 amide bonds. The quantitative estimate of drug-likeness (QED) is 0.238. The van der Waals surface area contributed by atoms with Crippen molar-refractivity contribution in [1.82, 2.24) is 4.90 Å². The van der Waals surface area contributed by atoms with E-state index in [1.807, 2.05) is 42.5 Å². The second-order valence-electron chi connectivity index (χ2n) is 11.7. The van der Waals surface area contributed by atoms with Gasteiger partial charge in [-0.3, -0.25) is 19.2 Å². The Labute approximate surface area is 255 Å². The van der Waals surface area contributed by atoms with Crippen LogP contribution in [0.4, 0.5) is 0 Å². The summed E-state index contributed by atoms with van der Waals surface area (Å²) >= 11 is 0. The van der Waals surface area contributed by atoms with E-state index in [-0.39, 0.29) is 43.7 Å². The van der Waals surface area contributed by atoms with Crippen molar-refractivity contribution in [2.75, 3.05) is 13.2 Å². The number of esters is 1. The van der Waals surface area contributed by atoms with Gasteiger partial charge in [-0.2, -0.15) is 0 Å². The summed E-state index contributed by atoms with van der Waals surface area (Å²) in [7, 11) is 0. The molecule has 43 heavy (non-hydrogen) atoms. The van der Waals surface area contributed by atoms with Crippen molar-refractivity contribution in [2.45, 2.75) is 115 Å². The smallest absolute Gasteiger partial charge is 0.328 e. The van der Waals surface area contributed by atoms with E-state index in [4.69, 9.17) is 9.47 Å². The maximum atomic E-state index is 13.4. The Kier molecular flexibility index (Phi) is 14.2. The van der Waals surface area contributed by atoms with E-state index >= 15 is 0 Å². The van der Waals surface area contributed by atoms with E-state index in [1.165, 1.54) is 4.90 Å². The Bertz CT molecular complexity index is 1110. The summed E-state index contributed by atoms with van der Waals surface area (Å²) in [5.74, 6) is -5.41. The number of rotatable bonds is 0. The van der Waals surface area contributed by atoms with Crippen molar-refractivity contribution >= 4 is 29.2 Å². The molecule has 3 aliphatic heterocycles. The Balaban J connectivity index is 1.68. The second-order valence-corrected chi connectivity index (χ2v) is 11.7. The van der Waals surface area contributed by atoms with E-state index in [9.17, 15) is 29.1 Å². The topological polar surface area (TPSA) is 127 Å². The van der Waals surface area contributed by atoms with E-state index in [1.54, 1.807) is 13.0 Å². The highest BCUT2D eigenvalue weighted by atomic mass is 16.6. The number of allylic oxidation sites excluding steroid dienone is 8. The monoisotopic (exact) mass is 597 g/mol. The highest BCUT2D eigenvalue weighted by molar-refractivity contribution is 6.39. The number of hydrogen-bond donors (Lipinski definition) is 1. The standard InChI is InChI=1S/C34H47NO8/c1-26-21-22-29-19-13-8-6-4-2-3-5-7-10-16-27(36)17-11-9-12-18-28(37)23-25-42-33(40)30-20-14-15-24-35(30)32(39)31(38)34(26,41)43-29/h2-6,8-9,12,26,29-30,41H,7,10-11,13-25H2,1H3/b4-2+,5-3+,8-6+,12-9+/t26-,29-,30+,34-/m1/s1. The van der Waals surface area contributed by atoms with Crippen LogP contribution < -0.4 is 0 Å². The van der Waals surface area contributed by atoms with Crippen LogP contribution in [0.25, 0.3) is 0 Å². The lowest BCUT2D eigenvalue weighted by Crippen LogP contribution is -2.60. The number of ether oxygens (including phenoxy) is 2. The highest BCUT2D eigenvalue weighted by Gasteiger charge is 2.52. The lowest BCUT2D eigenvalue weighted by Gasteiger charge is -2.42. The molecule has 2 bridgehead atoms. The van der Waals surface area contributed by atoms with Crippen molar-refractivity contribution < 1.29 is 38.6 Å². The van der Waals surface area contributed by atoms with Gasteiger partial charge in [0.15, 0.2) is 0 Å². The minimum Gasteiger partial charge on any atom is -0.464 e. The van der Waals surface area contributed by atoms with Crippen molar-refractivity contribution in [2.24, 2.45) is 5.92 Å². The largest absolute Gasteiger partial charge is 0.464 e. The third kappa shape index (κ3) is 10.8. The maximum absolute atomic E-state index is 13.4. The van der Waals surface area contributed by atoms with Crippen LogP contribution in [-0.4, -0.2) is 70.3 Å². The third-order valence-corrected chi connectivity index (χ3v) is 8.31. The lowest BCUT2D eigenvalue weighted by atomic mass is 9.85. The number of Topliss-reactive ketones (excluding diaryl/α,β-unsaturated/α-hetero) is 3. The molecule has 0 radical (unpaired) electrons. The van der Waals surface area contributed by atoms with Gasteiger partial charge < -0.3 is 19.5 Å². The van der Waals surface area contributed by atoms with Crippen LogP contribution >= 0.6 is 0 Å². The zero-order chi connectivity index (χ0) is 31.1. The molecule has 0 aromatic rings. The number of carbonyl (C=O) groups excluding carboxylic acids is 5. The number of carbonyl (C=O) groups is 5. The number of nitrogens with zero attached hydrogens (tertiary/aromatic N) is 1. The fourth-order valence-electron chi connectivity index (χ4n) is 5.59. The number of cyclic esters (lactones) is 1. The van der Waals surface area contributed by atoms with E-state index < -0.39 is 35.4 Å². The summed E-state index contributed by atoms with van der Waals surface area (Å²) in [6.07, 6.45) is 22.3. The summed E-state index contributed by atoms with van der Waals surface area (Å²) in [5.41, 5.74) is 0. The van der Waals surface area contributed by atoms with Crippen molar-refractivity contribution in [3.8, 4) is 0 Å². The molecule has 0 unspecified atom stereocenters. The van der Waals surface area contributed by atoms with Crippen LogP contribution in [0.2, 0.25) is 0 Å². The fourth-order valence-corrected chi connectivity index (χ4v) is 5.59. The minimum absolute atomic E-state index is 0.0268. The molecule has 4 atom stereocenters. The molecule has 3 rings (SSSR count). The number of piperidine rings is 1. The zero-order valence-corrected chi connectivity index (χ0v) is 25.4. The molecule has 9 heteroatoms. The molecule has 0 aliphatic carbocycles. The predicted octanol–water partition coefficient (Wildman–Crippen LogP) is 4.87. The Morgan fingerprint density at radius 3 is 2.33 bits per heavy atom. The van der Waals surface area contributed by atoms with Crippen molar-refractivity contribution in [3.05, 3.63) is 48.6 Å². The maximum Gasteiger partial charge on any atom is 0.328 e. The summed E-state index contributed by atoms with van der Waals surface area (Å²) in [5, 5.41) is 11.3. The minimum atomic E-state index is -2.26. The molecular weight excluding hydrogens is 550 g/mol. The molecule has 2 saturated heterocycles. The van der Waals surface area contributed by atoms with E-state index in [0.717, 1.165) is 12.8 Å². The van der Waals surface area contributed by atoms with Crippen LogP contribution in [-0.2, 0) is 33.4 Å². The van der Waals surface area contributed by atoms with Gasteiger partial charge in [0.25, 0.3) is 11.7 Å². The first kappa shape index (κ1) is 34.3. The van der Waals surface area contributed by atoms with Crippen LogP contribution in [0.5, 0.6) is 0 Å². The summed E-state index contributed by atoms with van der Waals surface area (Å²) in [6, 6.07) is -0.958. The normalized spacial score (nSPS) is 33.2. The first-order valence-electron chi connectivity index (χ1n) is 15.8. The van der Waals surface area contributed by atoms with Gasteiger partial charge in [0.05, 0.1) is 12.7 Å². The molecule has 3 heterocycles. The van der Waals surface area contributed by atoms with Gasteiger partial charge in [-0.1, -0.05) is 55.5 Å². The Hall–Kier alpha value is -3.17. The van der Waals surface area contributed by atoms with Gasteiger partial charge in [-0.15, -0.1) is 0 Å². The van der Waals surface area contributed by atoms with Crippen molar-refractivity contribution in [3.63, 3.8) is 0 Å². The van der Waals surface area contributed by atoms with Gasteiger partial charge >= 0.3 is 5.97 Å². The first-order valence-corrected chi connectivity index (χ1v) is 15.8. The number of aliphatic hydroxyl groups is 1. The lowest BCUT2D eigenvalue weighted by molar-refractivity contribution is -0.263. The fraction of sp³-hybridized carbons (Fsp3) is 0.618. The number of fused-ring (bicyclic) bond motifs is 3. The molecule has 236 valence electrons. The highest BCUT2D eigenvalue weighted by Crippen LogP contribution is 2.35. The van der Waals surface area contributed by atoms with Crippen LogP contribution in [0, 0.1) is 5.92 Å². The second kappa shape index (κ2) is 17.8. The summed E-state index contributed by atoms with van der Waals surface area (Å²) < 4.78 is 11.2. The van der Waals surface area contributed by atoms with E-state index in [2.05, 4.69) is 0 Å². The van der Waals surface area contributed by atoms with Gasteiger partial charge in [0.2, 0.25) is 5.79 Å². The average molecular weight is 598 g/mol. The number of amides is 1. The van der Waals surface area contributed by atoms with Gasteiger partial charge in [0.1, 0.15) is 17.6 Å². The van der Waals surface area contributed by atoms with Crippen LogP contribution in [0.15, 0.2) is 48.6 Å². The molecule has 3 aliphatic rings. The van der Waals surface area contributed by atoms with Crippen LogP contribution in [0.1, 0.15) is 96.8 Å². The predicted molar refractivity (Wildman–Crippen MR) is 162 cm³/mol. The van der Waals surface area contributed by atoms with E-state index in [0.29, 0.717) is 64.2 Å². The van der Waals surface area contributed by atoms with Gasteiger partial charge in [0, 0.05) is 38.1 Å². The SMILES string of the molecule is C[C@@H]1CC[C@H]2CC/C=C/C=C/C=C/CCCC(=O)CC/C=C/CC(=O)CCOC(=O)[C@@H]3CCCCN3C(=O)C(=O)[C@]1(O)O2. The summed E-state index contributed by atoms with van der Waals surface area (Å²) in [6.45, 7) is 1.76. The molecule has 0 spiro atoms. The molecule has 0 aromatic heterocycles. The molecule has 1 N–H and O–H groups in total. The molecule has 9 nitrogen and oxygen atoms in total. The molecule has 2 fully saturated rings. The molecule has 0 aromatic carbocycles. The Morgan fingerprint density at radius 2 is 1.53 bits per heavy atom. The number of ketones is 3. The summed E-state index contributed by atoms with van der Waals surface area (Å²) in [4.78, 5) is 65.3. The first-order chi connectivity index (χ1) is 20.7. The average Bonchev–Trinajstić information content (AvgIpc) is 3.00. The molecule has 0 saturated carbocycles. The third-order valence-electron chi connectivity index (χ3n) is 8.31. The zero-order valence-electron chi connectivity index (χ0n) is 25.4. The van der Waals surface area contributed by atoms with Gasteiger partial charge in [-0.05, 0) is 64.2 Å². The molecular formula is C34H47NO8. The van der Waals surface area contributed by atoms with Crippen LogP contribution in [0.3, 0.4) is 0 Å². The number of hydrogen-bond acceptors (Lipinski definition) is 8. The van der Waals surface area contributed by atoms with Gasteiger partial charge in [-0.25, -0.2) is 4.79 Å². The van der Waals surface area contributed by atoms with Crippen molar-refractivity contribution in [1.29, 1.82) is 0 Å². The Morgan fingerprint density at radius 1 is 0.767 bits per heavy atom.